The second kappa shape index (κ2) is 8.21. The summed E-state index contributed by atoms with van der Waals surface area (Å²) >= 11 is 0. The Hall–Kier alpha value is -2.57. The van der Waals surface area contributed by atoms with Crippen LogP contribution in [0.25, 0.3) is 0 Å². The first-order valence-corrected chi connectivity index (χ1v) is 8.63. The van der Waals surface area contributed by atoms with Crippen molar-refractivity contribution in [3.05, 3.63) is 35.9 Å². The van der Waals surface area contributed by atoms with Crippen LogP contribution in [0.3, 0.4) is 0 Å². The minimum atomic E-state index is -0.722. The molecule has 1 aromatic rings. The molecule has 1 fully saturated rings. The van der Waals surface area contributed by atoms with Gasteiger partial charge in [-0.3, -0.25) is 4.79 Å². The molecule has 2 amide bonds. The van der Waals surface area contributed by atoms with Gasteiger partial charge < -0.3 is 19.7 Å². The SMILES string of the molecule is COC(=O)C(Cc1ccccc1)N1CCC(NC(=O)OC(C)(C)C)C1=O. The van der Waals surface area contributed by atoms with Gasteiger partial charge in [0.15, 0.2) is 0 Å². The Bertz CT molecular complexity index is 654. The lowest BCUT2D eigenvalue weighted by atomic mass is 10.0. The molecule has 1 aliphatic heterocycles. The molecule has 2 atom stereocenters. The molecule has 1 aromatic carbocycles. The number of carbonyl (C=O) groups is 3. The highest BCUT2D eigenvalue weighted by Gasteiger charge is 2.40. The summed E-state index contributed by atoms with van der Waals surface area (Å²) in [5, 5.41) is 2.59. The molecule has 1 heterocycles. The molecule has 2 rings (SSSR count). The van der Waals surface area contributed by atoms with Crippen molar-refractivity contribution in [2.75, 3.05) is 13.7 Å². The number of rotatable bonds is 5. The summed E-state index contributed by atoms with van der Waals surface area (Å²) in [7, 11) is 1.30. The number of nitrogens with one attached hydrogen (secondary N) is 1. The summed E-state index contributed by atoms with van der Waals surface area (Å²) in [5.74, 6) is -0.776. The lowest BCUT2D eigenvalue weighted by Crippen LogP contribution is -2.49. The van der Waals surface area contributed by atoms with Crippen LogP contribution < -0.4 is 5.32 Å². The van der Waals surface area contributed by atoms with Gasteiger partial charge in [-0.05, 0) is 32.8 Å². The highest BCUT2D eigenvalue weighted by atomic mass is 16.6. The second-order valence-corrected chi connectivity index (χ2v) is 7.25. The highest BCUT2D eigenvalue weighted by Crippen LogP contribution is 2.19. The number of hydrogen-bond donors (Lipinski definition) is 1. The first kappa shape index (κ1) is 19.8. The van der Waals surface area contributed by atoms with Gasteiger partial charge in [-0.15, -0.1) is 0 Å². The molecule has 0 aromatic heterocycles. The van der Waals surface area contributed by atoms with Gasteiger partial charge >= 0.3 is 12.1 Å². The highest BCUT2D eigenvalue weighted by molar-refractivity contribution is 5.91. The van der Waals surface area contributed by atoms with Gasteiger partial charge in [-0.25, -0.2) is 9.59 Å². The lowest BCUT2D eigenvalue weighted by molar-refractivity contribution is -0.151. The molecular weight excluding hydrogens is 336 g/mol. The predicted octanol–water partition coefficient (Wildman–Crippen LogP) is 1.90. The molecule has 142 valence electrons. The van der Waals surface area contributed by atoms with Gasteiger partial charge in [0.05, 0.1) is 7.11 Å². The quantitative estimate of drug-likeness (QED) is 0.809. The number of likely N-dealkylation sites (tertiary alicyclic amines) is 1. The number of hydrogen-bond acceptors (Lipinski definition) is 5. The van der Waals surface area contributed by atoms with Crippen LogP contribution in [0.1, 0.15) is 32.8 Å². The van der Waals surface area contributed by atoms with Crippen LogP contribution in [-0.4, -0.2) is 54.2 Å². The Balaban J connectivity index is 2.06. The largest absolute Gasteiger partial charge is 0.467 e. The van der Waals surface area contributed by atoms with Crippen molar-refractivity contribution in [1.29, 1.82) is 0 Å². The van der Waals surface area contributed by atoms with E-state index in [0.29, 0.717) is 19.4 Å². The molecule has 0 bridgehead atoms. The zero-order chi connectivity index (χ0) is 19.3. The summed E-state index contributed by atoms with van der Waals surface area (Å²) in [6, 6.07) is 8.01. The number of alkyl carbamates (subject to hydrolysis) is 1. The first-order chi connectivity index (χ1) is 12.2. The maximum atomic E-state index is 12.7. The van der Waals surface area contributed by atoms with E-state index < -0.39 is 29.7 Å². The van der Waals surface area contributed by atoms with Gasteiger partial charge in [-0.2, -0.15) is 0 Å². The number of nitrogens with zero attached hydrogens (tertiary/aromatic N) is 1. The van der Waals surface area contributed by atoms with Crippen LogP contribution in [0.5, 0.6) is 0 Å². The third-order valence-corrected chi connectivity index (χ3v) is 4.05. The van der Waals surface area contributed by atoms with Crippen LogP contribution in [0, 0.1) is 0 Å². The monoisotopic (exact) mass is 362 g/mol. The summed E-state index contributed by atoms with van der Waals surface area (Å²) in [6.07, 6.45) is 0.133. The molecule has 1 aliphatic rings. The van der Waals surface area contributed by atoms with Gasteiger partial charge in [0.1, 0.15) is 17.7 Å². The van der Waals surface area contributed by atoms with Crippen molar-refractivity contribution in [3.8, 4) is 0 Å². The third-order valence-electron chi connectivity index (χ3n) is 4.05. The van der Waals surface area contributed by atoms with Crippen LogP contribution in [0.4, 0.5) is 4.79 Å². The first-order valence-electron chi connectivity index (χ1n) is 8.63. The molecule has 0 spiro atoms. The van der Waals surface area contributed by atoms with Crippen LogP contribution >= 0.6 is 0 Å². The molecule has 0 aliphatic carbocycles. The molecule has 0 radical (unpaired) electrons. The van der Waals surface area contributed by atoms with E-state index in [1.54, 1.807) is 20.8 Å². The standard InChI is InChI=1S/C19H26N2O5/c1-19(2,3)26-18(24)20-14-10-11-21(16(14)22)15(17(23)25-4)12-13-8-6-5-7-9-13/h5-9,14-15H,10-12H2,1-4H3,(H,20,24). The van der Waals surface area contributed by atoms with Crippen molar-refractivity contribution >= 4 is 18.0 Å². The van der Waals surface area contributed by atoms with E-state index in [2.05, 4.69) is 5.32 Å². The van der Waals surface area contributed by atoms with Crippen molar-refractivity contribution < 1.29 is 23.9 Å². The average Bonchev–Trinajstić information content (AvgIpc) is 2.92. The van der Waals surface area contributed by atoms with Gasteiger partial charge in [0.2, 0.25) is 5.91 Å². The fraction of sp³-hybridized carbons (Fsp3) is 0.526. The Labute approximate surface area is 153 Å². The maximum absolute atomic E-state index is 12.7. The van der Waals surface area contributed by atoms with E-state index in [0.717, 1.165) is 5.56 Å². The second-order valence-electron chi connectivity index (χ2n) is 7.25. The van der Waals surface area contributed by atoms with Crippen molar-refractivity contribution in [2.45, 2.75) is 51.3 Å². The van der Waals surface area contributed by atoms with E-state index in [-0.39, 0.29) is 5.91 Å². The van der Waals surface area contributed by atoms with Crippen molar-refractivity contribution in [2.24, 2.45) is 0 Å². The third kappa shape index (κ3) is 5.21. The molecule has 1 saturated heterocycles. The van der Waals surface area contributed by atoms with Crippen LogP contribution in [0.15, 0.2) is 30.3 Å². The van der Waals surface area contributed by atoms with Crippen LogP contribution in [0.2, 0.25) is 0 Å². The predicted molar refractivity (Wildman–Crippen MR) is 95.4 cm³/mol. The number of methoxy groups -OCH3 is 1. The fourth-order valence-corrected chi connectivity index (χ4v) is 2.89. The topological polar surface area (TPSA) is 84.9 Å². The molecule has 7 nitrogen and oxygen atoms in total. The summed E-state index contributed by atoms with van der Waals surface area (Å²) in [4.78, 5) is 38.3. The van der Waals surface area contributed by atoms with Gasteiger partial charge in [0.25, 0.3) is 0 Å². The number of benzene rings is 1. The van der Waals surface area contributed by atoms with Crippen molar-refractivity contribution in [3.63, 3.8) is 0 Å². The van der Waals surface area contributed by atoms with Gasteiger partial charge in [-0.1, -0.05) is 30.3 Å². The number of esters is 1. The molecular formula is C19H26N2O5. The zero-order valence-electron chi connectivity index (χ0n) is 15.7. The normalized spacial score (nSPS) is 18.4. The van der Waals surface area contributed by atoms with E-state index in [1.165, 1.54) is 12.0 Å². The average molecular weight is 362 g/mol. The zero-order valence-corrected chi connectivity index (χ0v) is 15.7. The Morgan fingerprint density at radius 1 is 1.27 bits per heavy atom. The van der Waals surface area contributed by atoms with E-state index in [1.807, 2.05) is 30.3 Å². The molecule has 2 unspecified atom stereocenters. The Morgan fingerprint density at radius 2 is 1.92 bits per heavy atom. The van der Waals surface area contributed by atoms with E-state index in [4.69, 9.17) is 9.47 Å². The van der Waals surface area contributed by atoms with Crippen molar-refractivity contribution in [1.82, 2.24) is 10.2 Å². The number of ether oxygens (including phenoxy) is 2. The summed E-state index contributed by atoms with van der Waals surface area (Å²) in [6.45, 7) is 5.62. The number of amides is 2. The smallest absolute Gasteiger partial charge is 0.408 e. The van der Waals surface area contributed by atoms with E-state index >= 15 is 0 Å². The fourth-order valence-electron chi connectivity index (χ4n) is 2.89. The molecule has 26 heavy (non-hydrogen) atoms. The maximum Gasteiger partial charge on any atom is 0.408 e. The molecule has 0 saturated carbocycles. The summed E-state index contributed by atoms with van der Waals surface area (Å²) in [5.41, 5.74) is 0.284. The minimum absolute atomic E-state index is 0.304. The minimum Gasteiger partial charge on any atom is -0.467 e. The summed E-state index contributed by atoms with van der Waals surface area (Å²) < 4.78 is 10.1. The van der Waals surface area contributed by atoms with Gasteiger partial charge in [0, 0.05) is 13.0 Å². The number of carbonyl (C=O) groups excluding carboxylic acids is 3. The Kier molecular flexibility index (Phi) is 6.23. The molecule has 7 heteroatoms. The Morgan fingerprint density at radius 3 is 2.50 bits per heavy atom. The van der Waals surface area contributed by atoms with E-state index in [9.17, 15) is 14.4 Å². The van der Waals surface area contributed by atoms with Crippen LogP contribution in [-0.2, 0) is 25.5 Å². The lowest BCUT2D eigenvalue weighted by Gasteiger charge is -2.26. The molecule has 1 N–H and O–H groups in total.